The highest BCUT2D eigenvalue weighted by Gasteiger charge is 2.25. The summed E-state index contributed by atoms with van der Waals surface area (Å²) < 4.78 is 1.21. The van der Waals surface area contributed by atoms with E-state index < -0.39 is 0 Å². The molecule has 1 N–H and O–H groups in total. The van der Waals surface area contributed by atoms with Crippen molar-refractivity contribution in [2.45, 2.75) is 52.1 Å². The molecule has 0 saturated heterocycles. The molecule has 0 amide bonds. The van der Waals surface area contributed by atoms with E-state index in [4.69, 9.17) is 0 Å². The van der Waals surface area contributed by atoms with E-state index in [0.29, 0.717) is 6.04 Å². The molecule has 1 aliphatic carbocycles. The van der Waals surface area contributed by atoms with Gasteiger partial charge < -0.3 is 10.2 Å². The van der Waals surface area contributed by atoms with Gasteiger partial charge in [-0.2, -0.15) is 0 Å². The van der Waals surface area contributed by atoms with Crippen LogP contribution < -0.4 is 10.2 Å². The zero-order chi connectivity index (χ0) is 14.5. The highest BCUT2D eigenvalue weighted by molar-refractivity contribution is 9.10. The van der Waals surface area contributed by atoms with Gasteiger partial charge in [0.25, 0.3) is 0 Å². The van der Waals surface area contributed by atoms with Crippen molar-refractivity contribution < 1.29 is 0 Å². The van der Waals surface area contributed by atoms with Crippen molar-refractivity contribution in [3.05, 3.63) is 28.2 Å². The molecule has 20 heavy (non-hydrogen) atoms. The fourth-order valence-corrected chi connectivity index (χ4v) is 3.73. The Morgan fingerprint density at radius 2 is 2.05 bits per heavy atom. The molecule has 0 heterocycles. The van der Waals surface area contributed by atoms with Gasteiger partial charge in [0.2, 0.25) is 0 Å². The second-order valence-corrected chi connectivity index (χ2v) is 6.85. The van der Waals surface area contributed by atoms with Crippen LogP contribution in [0, 0.1) is 5.92 Å². The van der Waals surface area contributed by atoms with Crippen LogP contribution in [0.4, 0.5) is 5.69 Å². The van der Waals surface area contributed by atoms with Crippen molar-refractivity contribution in [3.8, 4) is 0 Å². The molecule has 1 saturated carbocycles. The molecule has 0 aromatic heterocycles. The summed E-state index contributed by atoms with van der Waals surface area (Å²) >= 11 is 3.72. The lowest BCUT2D eigenvalue weighted by molar-refractivity contribution is 0.321. The van der Waals surface area contributed by atoms with Crippen molar-refractivity contribution in [2.75, 3.05) is 18.5 Å². The van der Waals surface area contributed by atoms with Crippen LogP contribution in [0.25, 0.3) is 0 Å². The average Bonchev–Trinajstić information content (AvgIpc) is 2.46. The van der Waals surface area contributed by atoms with Crippen LogP contribution >= 0.6 is 15.9 Å². The monoisotopic (exact) mass is 338 g/mol. The first kappa shape index (κ1) is 15.8. The maximum Gasteiger partial charge on any atom is 0.0377 e. The van der Waals surface area contributed by atoms with Gasteiger partial charge in [-0.15, -0.1) is 0 Å². The Bertz CT molecular complexity index is 433. The van der Waals surface area contributed by atoms with Crippen LogP contribution in [0.5, 0.6) is 0 Å². The molecule has 1 aromatic rings. The van der Waals surface area contributed by atoms with Crippen molar-refractivity contribution >= 4 is 21.6 Å². The van der Waals surface area contributed by atoms with E-state index in [9.17, 15) is 0 Å². The molecule has 0 aliphatic heterocycles. The predicted octanol–water partition coefficient (Wildman–Crippen LogP) is 4.57. The topological polar surface area (TPSA) is 15.3 Å². The molecule has 0 bridgehead atoms. The Morgan fingerprint density at radius 1 is 1.30 bits per heavy atom. The lowest BCUT2D eigenvalue weighted by Gasteiger charge is -2.38. The smallest absolute Gasteiger partial charge is 0.0377 e. The van der Waals surface area contributed by atoms with E-state index in [0.717, 1.165) is 19.0 Å². The summed E-state index contributed by atoms with van der Waals surface area (Å²) in [4.78, 5) is 2.48. The van der Waals surface area contributed by atoms with Gasteiger partial charge in [-0.3, -0.25) is 0 Å². The zero-order valence-corrected chi connectivity index (χ0v) is 14.5. The number of nitrogens with zero attached hydrogens (tertiary/aromatic N) is 1. The van der Waals surface area contributed by atoms with Crippen LogP contribution in [-0.2, 0) is 6.54 Å². The number of hydrogen-bond donors (Lipinski definition) is 1. The largest absolute Gasteiger partial charge is 0.371 e. The van der Waals surface area contributed by atoms with E-state index in [1.807, 2.05) is 0 Å². The van der Waals surface area contributed by atoms with Crippen LogP contribution in [0.1, 0.15) is 45.1 Å². The van der Waals surface area contributed by atoms with Crippen molar-refractivity contribution in [1.29, 1.82) is 0 Å². The van der Waals surface area contributed by atoms with Gasteiger partial charge >= 0.3 is 0 Å². The zero-order valence-electron chi connectivity index (χ0n) is 13.0. The normalized spacial score (nSPS) is 22.8. The maximum atomic E-state index is 3.72. The Balaban J connectivity index is 2.09. The van der Waals surface area contributed by atoms with Gasteiger partial charge in [-0.1, -0.05) is 48.7 Å². The van der Waals surface area contributed by atoms with Crippen LogP contribution in [0.2, 0.25) is 0 Å². The number of halogens is 1. The van der Waals surface area contributed by atoms with Crippen LogP contribution in [0.15, 0.2) is 22.7 Å². The molecular weight excluding hydrogens is 312 g/mol. The number of benzene rings is 1. The quantitative estimate of drug-likeness (QED) is 0.845. The van der Waals surface area contributed by atoms with E-state index in [2.05, 4.69) is 65.2 Å². The van der Waals surface area contributed by atoms with Gasteiger partial charge in [0, 0.05) is 29.8 Å². The summed E-state index contributed by atoms with van der Waals surface area (Å²) in [5.41, 5.74) is 2.66. The summed E-state index contributed by atoms with van der Waals surface area (Å²) in [5.74, 6) is 0.800. The molecule has 2 rings (SSSR count). The molecule has 1 fully saturated rings. The van der Waals surface area contributed by atoms with Crippen molar-refractivity contribution in [2.24, 2.45) is 5.92 Å². The van der Waals surface area contributed by atoms with Crippen molar-refractivity contribution in [1.82, 2.24) is 5.32 Å². The summed E-state index contributed by atoms with van der Waals surface area (Å²) in [6, 6.07) is 7.47. The van der Waals surface area contributed by atoms with Crippen molar-refractivity contribution in [3.63, 3.8) is 0 Å². The maximum absolute atomic E-state index is 3.72. The summed E-state index contributed by atoms with van der Waals surface area (Å²) in [6.07, 6.45) is 5.47. The van der Waals surface area contributed by atoms with Gasteiger partial charge in [-0.25, -0.2) is 0 Å². The Kier molecular flexibility index (Phi) is 5.91. The van der Waals surface area contributed by atoms with Gasteiger partial charge in [0.1, 0.15) is 0 Å². The van der Waals surface area contributed by atoms with E-state index >= 15 is 0 Å². The fourth-order valence-electron chi connectivity index (χ4n) is 3.22. The Labute approximate surface area is 132 Å². The van der Waals surface area contributed by atoms with Gasteiger partial charge in [0.05, 0.1) is 0 Å². The highest BCUT2D eigenvalue weighted by atomic mass is 79.9. The minimum atomic E-state index is 0.690. The summed E-state index contributed by atoms with van der Waals surface area (Å²) in [5, 5.41) is 3.38. The third kappa shape index (κ3) is 3.76. The summed E-state index contributed by atoms with van der Waals surface area (Å²) in [6.45, 7) is 6.48. The molecule has 1 aromatic carbocycles. The minimum absolute atomic E-state index is 0.690. The lowest BCUT2D eigenvalue weighted by atomic mass is 9.85. The third-order valence-electron chi connectivity index (χ3n) is 4.57. The average molecular weight is 339 g/mol. The Morgan fingerprint density at radius 3 is 2.70 bits per heavy atom. The molecule has 2 nitrogen and oxygen atoms in total. The number of rotatable bonds is 5. The molecule has 2 atom stereocenters. The van der Waals surface area contributed by atoms with E-state index in [1.165, 1.54) is 41.4 Å². The molecule has 1 aliphatic rings. The Hall–Kier alpha value is -0.540. The molecule has 0 radical (unpaired) electrons. The molecule has 2 unspecified atom stereocenters. The molecule has 0 spiro atoms. The minimum Gasteiger partial charge on any atom is -0.371 e. The number of anilines is 1. The molecular formula is C17H27BrN2. The number of hydrogen-bond acceptors (Lipinski definition) is 2. The SMILES string of the molecule is CCNCc1ccc(N(C)C2CCCCC2C)cc1Br. The third-order valence-corrected chi connectivity index (χ3v) is 5.31. The first-order valence-electron chi connectivity index (χ1n) is 7.85. The van der Waals surface area contributed by atoms with E-state index in [1.54, 1.807) is 0 Å². The number of nitrogens with one attached hydrogen (secondary N) is 1. The second-order valence-electron chi connectivity index (χ2n) is 6.00. The first-order chi connectivity index (χ1) is 9.63. The standard InChI is InChI=1S/C17H27BrN2/c1-4-19-12-14-9-10-15(11-16(14)18)20(3)17-8-6-5-7-13(17)2/h9-11,13,17,19H,4-8,12H2,1-3H3. The molecule has 112 valence electrons. The van der Waals surface area contributed by atoms with Gasteiger partial charge in [0.15, 0.2) is 0 Å². The van der Waals surface area contributed by atoms with E-state index in [-0.39, 0.29) is 0 Å². The first-order valence-corrected chi connectivity index (χ1v) is 8.64. The lowest BCUT2D eigenvalue weighted by Crippen LogP contribution is -2.39. The second kappa shape index (κ2) is 7.46. The van der Waals surface area contributed by atoms with Crippen LogP contribution in [-0.4, -0.2) is 19.6 Å². The predicted molar refractivity (Wildman–Crippen MR) is 91.3 cm³/mol. The summed E-state index contributed by atoms with van der Waals surface area (Å²) in [7, 11) is 2.25. The highest BCUT2D eigenvalue weighted by Crippen LogP contribution is 2.32. The van der Waals surface area contributed by atoms with Crippen LogP contribution in [0.3, 0.4) is 0 Å². The van der Waals surface area contributed by atoms with Gasteiger partial charge in [-0.05, 0) is 43.0 Å². The molecule has 3 heteroatoms. The fraction of sp³-hybridized carbons (Fsp3) is 0.647.